The number of halogens is 6. The van der Waals surface area contributed by atoms with Gasteiger partial charge in [-0.25, -0.2) is 0 Å². The topological polar surface area (TPSA) is 83.6 Å². The van der Waals surface area contributed by atoms with Crippen LogP contribution >= 0.6 is 0 Å². The minimum Gasteiger partial charge on any atom is -0.497 e. The largest absolute Gasteiger partial charge is 0.497 e. The molecule has 2 N–H and O–H groups in total. The highest BCUT2D eigenvalue weighted by Crippen LogP contribution is 2.44. The smallest absolute Gasteiger partial charge is 0.416 e. The van der Waals surface area contributed by atoms with E-state index in [2.05, 4.69) is 27.1 Å². The van der Waals surface area contributed by atoms with Crippen LogP contribution in [0.2, 0.25) is 0 Å². The number of aromatic nitrogens is 1. The number of methoxy groups -OCH3 is 1. The molecule has 3 aromatic carbocycles. The third-order valence-electron chi connectivity index (χ3n) is 8.92. The molecule has 13 heteroatoms. The van der Waals surface area contributed by atoms with Crippen LogP contribution in [0.25, 0.3) is 10.9 Å². The molecule has 7 nitrogen and oxygen atoms in total. The fraction of sp³-hybridized carbons (Fsp3) is 0.344. The van der Waals surface area contributed by atoms with Crippen molar-refractivity contribution >= 4 is 28.0 Å². The minimum absolute atomic E-state index is 0.00556. The van der Waals surface area contributed by atoms with Crippen LogP contribution in [-0.4, -0.2) is 36.1 Å². The summed E-state index contributed by atoms with van der Waals surface area (Å²) in [5.41, 5.74) is -4.95. The Hall–Kier alpha value is -4.39. The van der Waals surface area contributed by atoms with Gasteiger partial charge in [0, 0.05) is 29.9 Å². The SMILES string of the molecule is C=C[C@H]1CN2CC[C@@H]1C[C@H]2[C@H](Nc1c(Nc2cc(C(F)(F)F)cc(C(F)(F)F)c2)c(=O)c1=O)c1ccnc2ccc(OC)cc12. The molecular formula is C32H28F6N4O3. The first-order valence-corrected chi connectivity index (χ1v) is 14.2. The molecule has 3 fully saturated rings. The molecule has 4 heterocycles. The molecule has 0 saturated carbocycles. The summed E-state index contributed by atoms with van der Waals surface area (Å²) in [6, 6.07) is 7.29. The number of rotatable bonds is 8. The number of nitrogens with zero attached hydrogens (tertiary/aromatic N) is 2. The summed E-state index contributed by atoms with van der Waals surface area (Å²) in [4.78, 5) is 32.4. The monoisotopic (exact) mass is 630 g/mol. The fourth-order valence-electron chi connectivity index (χ4n) is 6.63. The van der Waals surface area contributed by atoms with Crippen molar-refractivity contribution in [3.8, 4) is 5.75 Å². The average Bonchev–Trinajstić information content (AvgIpc) is 3.03. The first-order chi connectivity index (χ1) is 21.3. The lowest BCUT2D eigenvalue weighted by Crippen LogP contribution is -2.56. The third-order valence-corrected chi connectivity index (χ3v) is 8.92. The van der Waals surface area contributed by atoms with Crippen LogP contribution in [0, 0.1) is 11.8 Å². The third kappa shape index (κ3) is 5.65. The van der Waals surface area contributed by atoms with Gasteiger partial charge in [-0.1, -0.05) is 6.08 Å². The molecule has 0 amide bonds. The van der Waals surface area contributed by atoms with Crippen molar-refractivity contribution in [2.24, 2.45) is 11.8 Å². The maximum Gasteiger partial charge on any atom is 0.416 e. The molecule has 0 aliphatic carbocycles. The lowest BCUT2D eigenvalue weighted by Gasteiger charge is -2.52. The van der Waals surface area contributed by atoms with E-state index in [1.165, 1.54) is 7.11 Å². The van der Waals surface area contributed by atoms with E-state index in [1.54, 1.807) is 30.5 Å². The molecule has 3 aliphatic rings. The van der Waals surface area contributed by atoms with Crippen molar-refractivity contribution in [1.82, 2.24) is 9.88 Å². The molecule has 3 saturated heterocycles. The van der Waals surface area contributed by atoms with Crippen molar-refractivity contribution < 1.29 is 31.1 Å². The summed E-state index contributed by atoms with van der Waals surface area (Å²) in [6.07, 6.45) is -4.94. The van der Waals surface area contributed by atoms with Crippen molar-refractivity contribution in [3.63, 3.8) is 0 Å². The number of alkyl halides is 6. The maximum absolute atomic E-state index is 13.5. The number of benzene rings is 2. The zero-order valence-corrected chi connectivity index (χ0v) is 23.9. The van der Waals surface area contributed by atoms with Gasteiger partial charge in [0.15, 0.2) is 0 Å². The number of hydrogen-bond acceptors (Lipinski definition) is 7. The number of piperidine rings is 3. The Balaban J connectivity index is 1.43. The number of ether oxygens (including phenoxy) is 1. The second kappa shape index (κ2) is 11.2. The highest BCUT2D eigenvalue weighted by atomic mass is 19.4. The van der Waals surface area contributed by atoms with Gasteiger partial charge in [-0.15, -0.1) is 6.58 Å². The van der Waals surface area contributed by atoms with Crippen LogP contribution in [0.15, 0.2) is 70.9 Å². The second-order valence-corrected chi connectivity index (χ2v) is 11.5. The molecule has 0 radical (unpaired) electrons. The van der Waals surface area contributed by atoms with Crippen LogP contribution in [0.1, 0.15) is 35.6 Å². The maximum atomic E-state index is 13.5. The summed E-state index contributed by atoms with van der Waals surface area (Å²) in [5, 5.41) is 6.30. The van der Waals surface area contributed by atoms with Crippen molar-refractivity contribution in [2.75, 3.05) is 30.8 Å². The molecular weight excluding hydrogens is 602 g/mol. The Labute approximate surface area is 253 Å². The Bertz CT molecular complexity index is 1810. The van der Waals surface area contributed by atoms with Gasteiger partial charge in [-0.05, 0) is 79.3 Å². The second-order valence-electron chi connectivity index (χ2n) is 11.5. The van der Waals surface area contributed by atoms with Crippen molar-refractivity contribution in [2.45, 2.75) is 37.3 Å². The van der Waals surface area contributed by atoms with Crippen molar-refractivity contribution in [3.05, 3.63) is 98.5 Å². The molecule has 1 unspecified atom stereocenters. The zero-order chi connectivity index (χ0) is 32.3. The van der Waals surface area contributed by atoms with E-state index < -0.39 is 51.8 Å². The Morgan fingerprint density at radius 1 is 1.00 bits per heavy atom. The molecule has 7 rings (SSSR count). The van der Waals surface area contributed by atoms with Crippen LogP contribution in [0.5, 0.6) is 5.75 Å². The predicted octanol–water partition coefficient (Wildman–Crippen LogP) is 6.67. The summed E-state index contributed by atoms with van der Waals surface area (Å²) in [5.74, 6) is 1.16. The fourth-order valence-corrected chi connectivity index (χ4v) is 6.63. The predicted molar refractivity (Wildman–Crippen MR) is 158 cm³/mol. The van der Waals surface area contributed by atoms with Gasteiger partial charge < -0.3 is 15.4 Å². The average molecular weight is 631 g/mol. The standard InChI is InChI=1S/C32H28F6N4O3/c1-3-16-15-42-9-7-17(16)10-25(42)26(22-6-8-39-24-5-4-21(45-2)14-23(22)24)41-28-27(29(43)30(28)44)40-20-12-18(31(33,34)35)11-19(13-20)32(36,37)38/h3-6,8,11-14,16-17,25-26,40-41H,1,7,9-10,15H2,2H3/t16-,17+,25-,26+/m0/s1. The van der Waals surface area contributed by atoms with E-state index in [9.17, 15) is 35.9 Å². The normalized spacial score (nSPS) is 22.4. The number of hydrogen-bond donors (Lipinski definition) is 2. The molecule has 2 bridgehead atoms. The van der Waals surface area contributed by atoms with Gasteiger partial charge in [-0.3, -0.25) is 19.5 Å². The Kier molecular flexibility index (Phi) is 7.62. The van der Waals surface area contributed by atoms with Gasteiger partial charge >= 0.3 is 12.4 Å². The van der Waals surface area contributed by atoms with Crippen LogP contribution in [0.3, 0.4) is 0 Å². The number of nitrogens with one attached hydrogen (secondary N) is 2. The highest BCUT2D eigenvalue weighted by Gasteiger charge is 2.44. The van der Waals surface area contributed by atoms with Crippen molar-refractivity contribution in [1.29, 1.82) is 0 Å². The van der Waals surface area contributed by atoms with Gasteiger partial charge in [0.1, 0.15) is 17.1 Å². The molecule has 1 aromatic heterocycles. The summed E-state index contributed by atoms with van der Waals surface area (Å²) in [7, 11) is 1.52. The van der Waals surface area contributed by atoms with E-state index in [-0.39, 0.29) is 23.7 Å². The lowest BCUT2D eigenvalue weighted by molar-refractivity contribution is -0.143. The molecule has 45 heavy (non-hydrogen) atoms. The van der Waals surface area contributed by atoms with Gasteiger partial charge in [0.2, 0.25) is 0 Å². The van der Waals surface area contributed by atoms with E-state index in [0.29, 0.717) is 29.3 Å². The molecule has 4 aromatic rings. The zero-order valence-electron chi connectivity index (χ0n) is 23.9. The summed E-state index contributed by atoms with van der Waals surface area (Å²) >= 11 is 0. The minimum atomic E-state index is -5.08. The van der Waals surface area contributed by atoms with E-state index in [0.717, 1.165) is 36.9 Å². The van der Waals surface area contributed by atoms with Crippen LogP contribution in [0.4, 0.5) is 43.4 Å². The lowest BCUT2D eigenvalue weighted by atomic mass is 9.73. The molecule has 0 spiro atoms. The van der Waals surface area contributed by atoms with E-state index in [4.69, 9.17) is 4.74 Å². The molecule has 3 aliphatic heterocycles. The Morgan fingerprint density at radius 3 is 2.29 bits per heavy atom. The first kappa shape index (κ1) is 30.6. The quantitative estimate of drug-likeness (QED) is 0.128. The molecule has 236 valence electrons. The first-order valence-electron chi connectivity index (χ1n) is 14.2. The summed E-state index contributed by atoms with van der Waals surface area (Å²) < 4.78 is 86.4. The highest BCUT2D eigenvalue weighted by molar-refractivity contribution is 5.85. The van der Waals surface area contributed by atoms with Crippen LogP contribution < -0.4 is 26.2 Å². The van der Waals surface area contributed by atoms with E-state index >= 15 is 0 Å². The molecule has 5 atom stereocenters. The van der Waals surface area contributed by atoms with Gasteiger partial charge in [-0.2, -0.15) is 26.3 Å². The summed E-state index contributed by atoms with van der Waals surface area (Å²) in [6.45, 7) is 5.48. The van der Waals surface area contributed by atoms with Gasteiger partial charge in [0.25, 0.3) is 10.9 Å². The van der Waals surface area contributed by atoms with Gasteiger partial charge in [0.05, 0.1) is 29.8 Å². The Morgan fingerprint density at radius 2 is 1.69 bits per heavy atom. The van der Waals surface area contributed by atoms with Crippen LogP contribution in [-0.2, 0) is 12.4 Å². The number of fused-ring (bicyclic) bond motifs is 4. The number of pyridine rings is 1. The van der Waals surface area contributed by atoms with E-state index in [1.807, 2.05) is 6.08 Å². The number of anilines is 3.